The number of benzene rings is 5. The fraction of sp³-hybridized carbons (Fsp3) is 0. The van der Waals surface area contributed by atoms with Crippen LogP contribution >= 0.6 is 0 Å². The van der Waals surface area contributed by atoms with Crippen LogP contribution in [0.4, 0.5) is 11.4 Å². The molecule has 5 aromatic carbocycles. The third-order valence-corrected chi connectivity index (χ3v) is 5.73. The summed E-state index contributed by atoms with van der Waals surface area (Å²) in [5, 5.41) is 8.62. The maximum absolute atomic E-state index is 3.54. The number of fused-ring (bicyclic) bond motifs is 5. The average molecular weight is 384 g/mol. The van der Waals surface area contributed by atoms with Crippen LogP contribution in [0.3, 0.4) is 0 Å². The van der Waals surface area contributed by atoms with Crippen molar-refractivity contribution in [2.75, 3.05) is 5.32 Å². The van der Waals surface area contributed by atoms with Gasteiger partial charge < -0.3 is 9.88 Å². The van der Waals surface area contributed by atoms with Crippen LogP contribution < -0.4 is 5.32 Å². The van der Waals surface area contributed by atoms with Crippen molar-refractivity contribution in [1.29, 1.82) is 0 Å². The third-order valence-electron chi connectivity index (χ3n) is 5.73. The highest BCUT2D eigenvalue weighted by molar-refractivity contribution is 6.21. The lowest BCUT2D eigenvalue weighted by molar-refractivity contribution is 1.18. The first-order chi connectivity index (χ1) is 14.9. The van der Waals surface area contributed by atoms with Crippen molar-refractivity contribution in [2.24, 2.45) is 0 Å². The third kappa shape index (κ3) is 2.66. The molecule has 0 aliphatic rings. The van der Waals surface area contributed by atoms with Crippen LogP contribution in [-0.4, -0.2) is 4.57 Å². The van der Waals surface area contributed by atoms with E-state index in [4.69, 9.17) is 0 Å². The van der Waals surface area contributed by atoms with E-state index in [1.54, 1.807) is 0 Å². The summed E-state index contributed by atoms with van der Waals surface area (Å²) in [7, 11) is 0. The standard InChI is InChI=1S/C28H20N2/c1-3-9-21(10-4-1)29-22-17-15-20-16-18-27-28(25(20)19-22)24-13-7-8-14-26(24)30(27)23-11-5-2-6-12-23/h1-19,29H. The van der Waals surface area contributed by atoms with E-state index in [9.17, 15) is 0 Å². The molecule has 1 N–H and O–H groups in total. The molecule has 0 bridgehead atoms. The van der Waals surface area contributed by atoms with E-state index in [0.717, 1.165) is 11.4 Å². The van der Waals surface area contributed by atoms with Gasteiger partial charge in [0.15, 0.2) is 0 Å². The van der Waals surface area contributed by atoms with Crippen LogP contribution in [0.5, 0.6) is 0 Å². The summed E-state index contributed by atoms with van der Waals surface area (Å²) in [5.74, 6) is 0. The number of rotatable bonds is 3. The van der Waals surface area contributed by atoms with Crippen molar-refractivity contribution in [2.45, 2.75) is 0 Å². The zero-order valence-corrected chi connectivity index (χ0v) is 16.4. The Labute approximate surface area is 175 Å². The van der Waals surface area contributed by atoms with E-state index in [1.165, 1.54) is 38.3 Å². The maximum Gasteiger partial charge on any atom is 0.0547 e. The summed E-state index contributed by atoms with van der Waals surface area (Å²) in [6, 6.07) is 40.7. The number of hydrogen-bond acceptors (Lipinski definition) is 1. The summed E-state index contributed by atoms with van der Waals surface area (Å²) >= 11 is 0. The van der Waals surface area contributed by atoms with Gasteiger partial charge in [-0.1, -0.05) is 66.7 Å². The van der Waals surface area contributed by atoms with Gasteiger partial charge in [-0.3, -0.25) is 0 Å². The summed E-state index contributed by atoms with van der Waals surface area (Å²) in [5.41, 5.74) is 5.83. The van der Waals surface area contributed by atoms with Crippen molar-refractivity contribution in [3.05, 3.63) is 115 Å². The van der Waals surface area contributed by atoms with Crippen molar-refractivity contribution < 1.29 is 0 Å². The molecule has 0 amide bonds. The first kappa shape index (κ1) is 16.9. The van der Waals surface area contributed by atoms with Crippen molar-refractivity contribution in [1.82, 2.24) is 4.57 Å². The van der Waals surface area contributed by atoms with E-state index < -0.39 is 0 Å². The molecule has 2 nitrogen and oxygen atoms in total. The lowest BCUT2D eigenvalue weighted by Crippen LogP contribution is -1.93. The summed E-state index contributed by atoms with van der Waals surface area (Å²) in [6.07, 6.45) is 0. The highest BCUT2D eigenvalue weighted by atomic mass is 15.0. The number of nitrogens with zero attached hydrogens (tertiary/aromatic N) is 1. The highest BCUT2D eigenvalue weighted by Gasteiger charge is 2.14. The Hall–Kier alpha value is -4.04. The molecule has 6 rings (SSSR count). The van der Waals surface area contributed by atoms with Gasteiger partial charge >= 0.3 is 0 Å². The molecule has 1 heterocycles. The first-order valence-corrected chi connectivity index (χ1v) is 10.2. The van der Waals surface area contributed by atoms with Gasteiger partial charge in [0.1, 0.15) is 0 Å². The molecule has 6 aromatic rings. The minimum absolute atomic E-state index is 1.09. The normalized spacial score (nSPS) is 11.3. The largest absolute Gasteiger partial charge is 0.356 e. The summed E-state index contributed by atoms with van der Waals surface area (Å²) < 4.78 is 2.36. The second-order valence-electron chi connectivity index (χ2n) is 7.57. The Morgan fingerprint density at radius 1 is 0.500 bits per heavy atom. The smallest absolute Gasteiger partial charge is 0.0547 e. The highest BCUT2D eigenvalue weighted by Crippen LogP contribution is 2.37. The van der Waals surface area contributed by atoms with Gasteiger partial charge in [-0.2, -0.15) is 0 Å². The number of hydrogen-bond donors (Lipinski definition) is 1. The molecule has 0 radical (unpaired) electrons. The molecule has 0 atom stereocenters. The SMILES string of the molecule is c1ccc(Nc2ccc3ccc4c(c3c2)c2ccccc2n4-c2ccccc2)cc1. The molecule has 0 unspecified atom stereocenters. The fourth-order valence-corrected chi connectivity index (χ4v) is 4.41. The van der Waals surface area contributed by atoms with Crippen molar-refractivity contribution in [3.63, 3.8) is 0 Å². The molecule has 1 aromatic heterocycles. The van der Waals surface area contributed by atoms with Gasteiger partial charge in [0.25, 0.3) is 0 Å². The van der Waals surface area contributed by atoms with E-state index in [-0.39, 0.29) is 0 Å². The molecule has 142 valence electrons. The molecule has 0 saturated carbocycles. The molecule has 0 aliphatic heterocycles. The predicted molar refractivity (Wildman–Crippen MR) is 128 cm³/mol. The van der Waals surface area contributed by atoms with Crippen LogP contribution in [0.2, 0.25) is 0 Å². The number of nitrogens with one attached hydrogen (secondary N) is 1. The van der Waals surface area contributed by atoms with E-state index in [1.807, 2.05) is 6.07 Å². The molecule has 30 heavy (non-hydrogen) atoms. The second kappa shape index (κ2) is 6.78. The maximum atomic E-state index is 3.54. The van der Waals surface area contributed by atoms with Gasteiger partial charge in [-0.15, -0.1) is 0 Å². The second-order valence-corrected chi connectivity index (χ2v) is 7.57. The van der Waals surface area contributed by atoms with E-state index >= 15 is 0 Å². The minimum atomic E-state index is 1.09. The Balaban J connectivity index is 1.66. The number of para-hydroxylation sites is 3. The Kier molecular flexibility index (Phi) is 3.82. The van der Waals surface area contributed by atoms with Crippen LogP contribution in [0.15, 0.2) is 115 Å². The Morgan fingerprint density at radius 3 is 2.03 bits per heavy atom. The fourth-order valence-electron chi connectivity index (χ4n) is 4.41. The molecule has 0 spiro atoms. The van der Waals surface area contributed by atoms with Gasteiger partial charge in [0, 0.05) is 27.8 Å². The topological polar surface area (TPSA) is 17.0 Å². The molecule has 2 heteroatoms. The quantitative estimate of drug-likeness (QED) is 0.331. The molecule has 0 saturated heterocycles. The number of anilines is 2. The van der Waals surface area contributed by atoms with E-state index in [0.29, 0.717) is 0 Å². The van der Waals surface area contributed by atoms with Gasteiger partial charge in [-0.25, -0.2) is 0 Å². The number of aromatic nitrogens is 1. The van der Waals surface area contributed by atoms with Crippen LogP contribution in [0.1, 0.15) is 0 Å². The van der Waals surface area contributed by atoms with Crippen molar-refractivity contribution in [3.8, 4) is 5.69 Å². The zero-order valence-electron chi connectivity index (χ0n) is 16.4. The lowest BCUT2D eigenvalue weighted by atomic mass is 10.0. The summed E-state index contributed by atoms with van der Waals surface area (Å²) in [6.45, 7) is 0. The minimum Gasteiger partial charge on any atom is -0.356 e. The monoisotopic (exact) mass is 384 g/mol. The lowest BCUT2D eigenvalue weighted by Gasteiger charge is -2.10. The van der Waals surface area contributed by atoms with Crippen LogP contribution in [-0.2, 0) is 0 Å². The first-order valence-electron chi connectivity index (χ1n) is 10.2. The Bertz CT molecular complexity index is 1500. The van der Waals surface area contributed by atoms with Gasteiger partial charge in [0.2, 0.25) is 0 Å². The van der Waals surface area contributed by atoms with Gasteiger partial charge in [-0.05, 0) is 59.3 Å². The van der Waals surface area contributed by atoms with Crippen LogP contribution in [0.25, 0.3) is 38.3 Å². The molecule has 0 fully saturated rings. The Morgan fingerprint density at radius 2 is 1.20 bits per heavy atom. The van der Waals surface area contributed by atoms with Gasteiger partial charge in [0.05, 0.1) is 11.0 Å². The van der Waals surface area contributed by atoms with Crippen LogP contribution in [0, 0.1) is 0 Å². The molecular formula is C28H20N2. The summed E-state index contributed by atoms with van der Waals surface area (Å²) in [4.78, 5) is 0. The average Bonchev–Trinajstić information content (AvgIpc) is 3.15. The van der Waals surface area contributed by atoms with Crippen molar-refractivity contribution >= 4 is 44.0 Å². The molecular weight excluding hydrogens is 364 g/mol. The van der Waals surface area contributed by atoms with E-state index in [2.05, 4.69) is 119 Å². The zero-order chi connectivity index (χ0) is 19.9. The molecule has 0 aliphatic carbocycles. The predicted octanol–water partition coefficient (Wildman–Crippen LogP) is 7.68.